The van der Waals surface area contributed by atoms with E-state index >= 15 is 0 Å². The zero-order valence-corrected chi connectivity index (χ0v) is 13.8. The maximum atomic E-state index is 11.8. The van der Waals surface area contributed by atoms with E-state index < -0.39 is 9.84 Å². The second-order valence-corrected chi connectivity index (χ2v) is 7.83. The van der Waals surface area contributed by atoms with Gasteiger partial charge in [-0.25, -0.2) is 8.42 Å². The minimum absolute atomic E-state index is 0.302. The van der Waals surface area contributed by atoms with Crippen molar-refractivity contribution in [2.24, 2.45) is 0 Å². The molecule has 0 saturated carbocycles. The largest absolute Gasteiger partial charge is 0.378 e. The first-order valence-corrected chi connectivity index (χ1v) is 9.55. The van der Waals surface area contributed by atoms with Crippen LogP contribution in [-0.2, 0) is 21.1 Å². The molecule has 1 aromatic carbocycles. The quantitative estimate of drug-likeness (QED) is 0.814. The van der Waals surface area contributed by atoms with Crippen molar-refractivity contribution in [1.29, 1.82) is 0 Å². The molecule has 0 aromatic heterocycles. The average molecular weight is 332 g/mol. The molecule has 0 spiro atoms. The molecule has 1 N–H and O–H groups in total. The molecule has 1 unspecified atom stereocenters. The van der Waals surface area contributed by atoms with Crippen LogP contribution in [0.15, 0.2) is 23.1 Å². The van der Waals surface area contributed by atoms with Gasteiger partial charge in [-0.15, -0.1) is 0 Å². The minimum Gasteiger partial charge on any atom is -0.378 e. The van der Waals surface area contributed by atoms with Crippen LogP contribution < -0.4 is 5.32 Å². The van der Waals surface area contributed by atoms with Crippen LogP contribution >= 0.6 is 11.6 Å². The van der Waals surface area contributed by atoms with Crippen LogP contribution in [0.4, 0.5) is 0 Å². The summed E-state index contributed by atoms with van der Waals surface area (Å²) in [7, 11) is -3.26. The lowest BCUT2D eigenvalue weighted by Crippen LogP contribution is -2.25. The molecule has 21 heavy (non-hydrogen) atoms. The van der Waals surface area contributed by atoms with Gasteiger partial charge in [0.1, 0.15) is 0 Å². The Hall–Kier alpha value is -0.620. The number of hydrogen-bond acceptors (Lipinski definition) is 4. The summed E-state index contributed by atoms with van der Waals surface area (Å²) in [5.41, 5.74) is 0.645. The second kappa shape index (κ2) is 7.58. The molecular weight excluding hydrogens is 310 g/mol. The Morgan fingerprint density at radius 2 is 2.19 bits per heavy atom. The number of hydrogen-bond donors (Lipinski definition) is 1. The van der Waals surface area contributed by atoms with Crippen LogP contribution in [0.1, 0.15) is 31.2 Å². The van der Waals surface area contributed by atoms with E-state index in [-0.39, 0.29) is 0 Å². The number of rotatable bonds is 6. The van der Waals surface area contributed by atoms with Crippen LogP contribution in [0.3, 0.4) is 0 Å². The Kier molecular flexibility index (Phi) is 6.05. The van der Waals surface area contributed by atoms with Gasteiger partial charge in [-0.3, -0.25) is 0 Å². The third-order valence-electron chi connectivity index (χ3n) is 3.69. The summed E-state index contributed by atoms with van der Waals surface area (Å²) in [4.78, 5) is 0.302. The maximum absolute atomic E-state index is 11.8. The molecule has 6 heteroatoms. The third kappa shape index (κ3) is 4.95. The van der Waals surface area contributed by atoms with Crippen molar-refractivity contribution in [2.45, 2.75) is 43.2 Å². The second-order valence-electron chi connectivity index (χ2n) is 5.44. The van der Waals surface area contributed by atoms with Crippen molar-refractivity contribution in [3.8, 4) is 0 Å². The first-order chi connectivity index (χ1) is 9.98. The van der Waals surface area contributed by atoms with E-state index in [0.29, 0.717) is 28.1 Å². The summed E-state index contributed by atoms with van der Waals surface area (Å²) in [5, 5.41) is 3.76. The number of nitrogens with one attached hydrogen (secondary N) is 1. The maximum Gasteiger partial charge on any atom is 0.175 e. The zero-order chi connectivity index (χ0) is 15.3. The Bertz CT molecular complexity index is 568. The normalized spacial score (nSPS) is 19.6. The molecule has 1 aliphatic heterocycles. The first-order valence-electron chi connectivity index (χ1n) is 7.28. The van der Waals surface area contributed by atoms with Gasteiger partial charge in [-0.2, -0.15) is 0 Å². The fraction of sp³-hybridized carbons (Fsp3) is 0.600. The molecular formula is C15H22ClNO3S. The average Bonchev–Trinajstić information content (AvgIpc) is 2.45. The number of sulfone groups is 1. The summed E-state index contributed by atoms with van der Waals surface area (Å²) in [5.74, 6) is 0. The minimum atomic E-state index is -3.26. The lowest BCUT2D eigenvalue weighted by molar-refractivity contribution is 0.0115. The summed E-state index contributed by atoms with van der Waals surface area (Å²) in [6, 6.07) is 4.98. The lowest BCUT2D eigenvalue weighted by Gasteiger charge is -2.22. The van der Waals surface area contributed by atoms with Crippen LogP contribution in [-0.4, -0.2) is 33.9 Å². The molecule has 1 saturated heterocycles. The van der Waals surface area contributed by atoms with E-state index in [4.69, 9.17) is 16.3 Å². The van der Waals surface area contributed by atoms with Crippen molar-refractivity contribution >= 4 is 21.4 Å². The summed E-state index contributed by atoms with van der Waals surface area (Å²) < 4.78 is 29.2. The van der Waals surface area contributed by atoms with E-state index in [2.05, 4.69) is 5.32 Å². The van der Waals surface area contributed by atoms with Crippen molar-refractivity contribution < 1.29 is 13.2 Å². The Morgan fingerprint density at radius 3 is 2.86 bits per heavy atom. The summed E-state index contributed by atoms with van der Waals surface area (Å²) in [6.07, 6.45) is 5.97. The highest BCUT2D eigenvalue weighted by molar-refractivity contribution is 7.90. The fourth-order valence-corrected chi connectivity index (χ4v) is 3.82. The van der Waals surface area contributed by atoms with E-state index in [0.717, 1.165) is 32.4 Å². The molecule has 1 aromatic rings. The fourth-order valence-electron chi connectivity index (χ4n) is 2.57. The highest BCUT2D eigenvalue weighted by Crippen LogP contribution is 2.24. The molecule has 1 aliphatic rings. The Labute approximate surface area is 131 Å². The van der Waals surface area contributed by atoms with Gasteiger partial charge in [0.2, 0.25) is 0 Å². The molecule has 0 radical (unpaired) electrons. The number of benzene rings is 1. The van der Waals surface area contributed by atoms with Crippen LogP contribution in [0.5, 0.6) is 0 Å². The smallest absolute Gasteiger partial charge is 0.175 e. The van der Waals surface area contributed by atoms with Gasteiger partial charge in [-0.1, -0.05) is 17.7 Å². The lowest BCUT2D eigenvalue weighted by atomic mass is 10.1. The van der Waals surface area contributed by atoms with Crippen molar-refractivity contribution in [3.63, 3.8) is 0 Å². The van der Waals surface area contributed by atoms with Gasteiger partial charge < -0.3 is 10.1 Å². The molecule has 1 heterocycles. The Balaban J connectivity index is 1.91. The molecule has 118 valence electrons. The van der Waals surface area contributed by atoms with Crippen LogP contribution in [0.2, 0.25) is 5.02 Å². The number of ether oxygens (including phenoxy) is 1. The first kappa shape index (κ1) is 16.7. The molecule has 1 atom stereocenters. The van der Waals surface area contributed by atoms with Crippen molar-refractivity contribution in [2.75, 3.05) is 19.4 Å². The molecule has 2 rings (SSSR count). The van der Waals surface area contributed by atoms with Crippen molar-refractivity contribution in [1.82, 2.24) is 5.32 Å². The molecule has 0 amide bonds. The standard InChI is InChI=1S/C15H22ClNO3S/c1-21(18,19)15-7-4-6-14(16)13(15)11-17-9-8-12-5-2-3-10-20-12/h4,6-7,12,17H,2-3,5,8-11H2,1H3. The van der Waals surface area contributed by atoms with Gasteiger partial charge in [-0.05, 0) is 44.4 Å². The molecule has 1 fully saturated rings. The predicted octanol–water partition coefficient (Wildman–Crippen LogP) is 2.79. The molecule has 4 nitrogen and oxygen atoms in total. The SMILES string of the molecule is CS(=O)(=O)c1cccc(Cl)c1CNCCC1CCCCO1. The predicted molar refractivity (Wildman–Crippen MR) is 84.5 cm³/mol. The van der Waals surface area contributed by atoms with Gasteiger partial charge in [0.25, 0.3) is 0 Å². The highest BCUT2D eigenvalue weighted by atomic mass is 35.5. The summed E-state index contributed by atoms with van der Waals surface area (Å²) >= 11 is 6.13. The van der Waals surface area contributed by atoms with E-state index in [1.54, 1.807) is 18.2 Å². The molecule has 0 aliphatic carbocycles. The highest BCUT2D eigenvalue weighted by Gasteiger charge is 2.16. The third-order valence-corrected chi connectivity index (χ3v) is 5.23. The van der Waals surface area contributed by atoms with Crippen LogP contribution in [0, 0.1) is 0 Å². The van der Waals surface area contributed by atoms with Crippen molar-refractivity contribution in [3.05, 3.63) is 28.8 Å². The number of halogens is 1. The van der Waals surface area contributed by atoms with E-state index in [1.165, 1.54) is 12.7 Å². The van der Waals surface area contributed by atoms with Gasteiger partial charge in [0, 0.05) is 30.0 Å². The molecule has 0 bridgehead atoms. The monoisotopic (exact) mass is 331 g/mol. The van der Waals surface area contributed by atoms with Gasteiger partial charge >= 0.3 is 0 Å². The van der Waals surface area contributed by atoms with Gasteiger partial charge in [0.15, 0.2) is 9.84 Å². The van der Waals surface area contributed by atoms with Crippen LogP contribution in [0.25, 0.3) is 0 Å². The van der Waals surface area contributed by atoms with Gasteiger partial charge in [0.05, 0.1) is 11.0 Å². The topological polar surface area (TPSA) is 55.4 Å². The van der Waals surface area contributed by atoms with E-state index in [9.17, 15) is 8.42 Å². The Morgan fingerprint density at radius 1 is 1.38 bits per heavy atom. The zero-order valence-electron chi connectivity index (χ0n) is 12.3. The summed E-state index contributed by atoms with van der Waals surface area (Å²) in [6.45, 7) is 2.10. The van der Waals surface area contributed by atoms with E-state index in [1.807, 2.05) is 0 Å².